The Morgan fingerprint density at radius 3 is 2.48 bits per heavy atom. The van der Waals surface area contributed by atoms with Crippen molar-refractivity contribution in [1.29, 1.82) is 0 Å². The molecule has 0 radical (unpaired) electrons. The van der Waals surface area contributed by atoms with Crippen LogP contribution in [0.25, 0.3) is 0 Å². The van der Waals surface area contributed by atoms with Gasteiger partial charge in [-0.25, -0.2) is 13.8 Å². The van der Waals surface area contributed by atoms with E-state index >= 15 is 0 Å². The van der Waals surface area contributed by atoms with Crippen molar-refractivity contribution in [1.82, 2.24) is 15.2 Å². The van der Waals surface area contributed by atoms with Gasteiger partial charge in [0.15, 0.2) is 0 Å². The van der Waals surface area contributed by atoms with Crippen molar-refractivity contribution in [2.45, 2.75) is 38.2 Å². The number of amides is 1. The summed E-state index contributed by atoms with van der Waals surface area (Å²) >= 11 is 0. The van der Waals surface area contributed by atoms with E-state index in [1.165, 1.54) is 25.0 Å². The Hall–Kier alpha value is -1.83. The van der Waals surface area contributed by atoms with Gasteiger partial charge in [-0.1, -0.05) is 0 Å². The van der Waals surface area contributed by atoms with Crippen LogP contribution in [0.5, 0.6) is 0 Å². The van der Waals surface area contributed by atoms with Crippen LogP contribution in [0.4, 0.5) is 18.9 Å². The van der Waals surface area contributed by atoms with Gasteiger partial charge in [-0.05, 0) is 50.9 Å². The molecule has 3 heterocycles. The molecule has 2 aliphatic rings. The van der Waals surface area contributed by atoms with E-state index < -0.39 is 24.8 Å². The van der Waals surface area contributed by atoms with Crippen molar-refractivity contribution < 1.29 is 18.0 Å². The molecule has 138 valence electrons. The van der Waals surface area contributed by atoms with Crippen LogP contribution in [0, 0.1) is 5.95 Å². The minimum absolute atomic E-state index is 0.186. The molecule has 8 heteroatoms. The van der Waals surface area contributed by atoms with Crippen molar-refractivity contribution in [3.8, 4) is 0 Å². The topological polar surface area (TPSA) is 48.5 Å². The summed E-state index contributed by atoms with van der Waals surface area (Å²) in [6, 6.07) is 3.45. The van der Waals surface area contributed by atoms with Crippen molar-refractivity contribution >= 4 is 11.6 Å². The number of aromatic nitrogens is 1. The predicted molar refractivity (Wildman–Crippen MR) is 88.6 cm³/mol. The number of piperidine rings is 1. The summed E-state index contributed by atoms with van der Waals surface area (Å²) in [5, 5.41) is 2.02. The first-order valence-corrected chi connectivity index (χ1v) is 8.76. The Morgan fingerprint density at radius 2 is 1.88 bits per heavy atom. The smallest absolute Gasteiger partial charge is 0.270 e. The zero-order valence-corrected chi connectivity index (χ0v) is 14.1. The number of hydrogen-bond acceptors (Lipinski definition) is 4. The van der Waals surface area contributed by atoms with Gasteiger partial charge < -0.3 is 15.1 Å². The number of anilines is 1. The molecular formula is C17H23F3N4O. The van der Waals surface area contributed by atoms with E-state index in [-0.39, 0.29) is 5.69 Å². The molecule has 2 saturated heterocycles. The lowest BCUT2D eigenvalue weighted by Crippen LogP contribution is -2.44. The van der Waals surface area contributed by atoms with Crippen LogP contribution >= 0.6 is 0 Å². The normalized spacial score (nSPS) is 19.6. The maximum absolute atomic E-state index is 14.3. The zero-order valence-electron chi connectivity index (χ0n) is 14.1. The minimum Gasteiger partial charge on any atom is -0.368 e. The van der Waals surface area contributed by atoms with Crippen molar-refractivity contribution in [2.24, 2.45) is 0 Å². The largest absolute Gasteiger partial charge is 0.368 e. The highest BCUT2D eigenvalue weighted by molar-refractivity contribution is 5.92. The summed E-state index contributed by atoms with van der Waals surface area (Å²) < 4.78 is 38.5. The number of hydrogen-bond donors (Lipinski definition) is 1. The summed E-state index contributed by atoms with van der Waals surface area (Å²) in [5.74, 6) is -1.53. The highest BCUT2D eigenvalue weighted by Gasteiger charge is 2.27. The highest BCUT2D eigenvalue weighted by atomic mass is 19.3. The Balaban J connectivity index is 1.59. The number of alkyl halides is 2. The molecule has 3 rings (SSSR count). The lowest BCUT2D eigenvalue weighted by Gasteiger charge is -2.37. The molecule has 0 spiro atoms. The van der Waals surface area contributed by atoms with Gasteiger partial charge in [0.05, 0.1) is 12.2 Å². The SMILES string of the molecule is O=C(NCC(F)F)c1ccc(N2CCC(N3CCCC3)CC2)c(F)n1. The molecule has 2 aliphatic heterocycles. The van der Waals surface area contributed by atoms with E-state index in [0.29, 0.717) is 11.7 Å². The number of pyridine rings is 1. The van der Waals surface area contributed by atoms with Gasteiger partial charge >= 0.3 is 0 Å². The van der Waals surface area contributed by atoms with Gasteiger partial charge in [-0.3, -0.25) is 4.79 Å². The lowest BCUT2D eigenvalue weighted by atomic mass is 10.0. The fraction of sp³-hybridized carbons (Fsp3) is 0.647. The van der Waals surface area contributed by atoms with Crippen LogP contribution in [0.15, 0.2) is 12.1 Å². The molecule has 1 amide bonds. The van der Waals surface area contributed by atoms with Crippen LogP contribution in [0.2, 0.25) is 0 Å². The van der Waals surface area contributed by atoms with Gasteiger partial charge in [0.2, 0.25) is 5.95 Å². The Kier molecular flexibility index (Phi) is 5.78. The summed E-state index contributed by atoms with van der Waals surface area (Å²) in [6.07, 6.45) is 1.83. The summed E-state index contributed by atoms with van der Waals surface area (Å²) in [7, 11) is 0. The third kappa shape index (κ3) is 4.42. The van der Waals surface area contributed by atoms with E-state index in [2.05, 4.69) is 9.88 Å². The average molecular weight is 356 g/mol. The van der Waals surface area contributed by atoms with Crippen molar-refractivity contribution in [3.63, 3.8) is 0 Å². The Morgan fingerprint density at radius 1 is 1.20 bits per heavy atom. The summed E-state index contributed by atoms with van der Waals surface area (Å²) in [6.45, 7) is 3.04. The lowest BCUT2D eigenvalue weighted by molar-refractivity contribution is 0.0886. The number of halogens is 3. The zero-order chi connectivity index (χ0) is 17.8. The number of nitrogens with zero attached hydrogens (tertiary/aromatic N) is 3. The third-order valence-electron chi connectivity index (χ3n) is 4.94. The molecule has 5 nitrogen and oxygen atoms in total. The molecule has 25 heavy (non-hydrogen) atoms. The minimum atomic E-state index is -2.65. The quantitative estimate of drug-likeness (QED) is 0.823. The Bertz CT molecular complexity index is 600. The first-order valence-electron chi connectivity index (χ1n) is 8.76. The standard InChI is InChI=1S/C17H23F3N4O/c18-15(19)11-21-17(25)13-3-4-14(16(20)22-13)24-9-5-12(6-10-24)23-7-1-2-8-23/h3-4,12,15H,1-2,5-11H2,(H,21,25). The van der Waals surface area contributed by atoms with Gasteiger partial charge in [0.1, 0.15) is 5.69 Å². The maximum Gasteiger partial charge on any atom is 0.270 e. The van der Waals surface area contributed by atoms with E-state index in [9.17, 15) is 18.0 Å². The highest BCUT2D eigenvalue weighted by Crippen LogP contribution is 2.26. The van der Waals surface area contributed by atoms with Gasteiger partial charge in [-0.15, -0.1) is 0 Å². The van der Waals surface area contributed by atoms with Gasteiger partial charge in [0.25, 0.3) is 12.3 Å². The number of likely N-dealkylation sites (tertiary alicyclic amines) is 1. The molecule has 2 fully saturated rings. The van der Waals surface area contributed by atoms with E-state index in [4.69, 9.17) is 0 Å². The predicted octanol–water partition coefficient (Wildman–Crippen LogP) is 2.28. The fourth-order valence-electron chi connectivity index (χ4n) is 3.63. The molecule has 0 aliphatic carbocycles. The van der Waals surface area contributed by atoms with Crippen LogP contribution in [0.3, 0.4) is 0 Å². The van der Waals surface area contributed by atoms with Crippen LogP contribution in [-0.2, 0) is 0 Å². The maximum atomic E-state index is 14.3. The molecule has 1 aromatic rings. The number of rotatable bonds is 5. The van der Waals surface area contributed by atoms with Crippen LogP contribution in [-0.4, -0.2) is 61.0 Å². The van der Waals surface area contributed by atoms with Crippen LogP contribution in [0.1, 0.15) is 36.2 Å². The van der Waals surface area contributed by atoms with Crippen LogP contribution < -0.4 is 10.2 Å². The molecule has 0 saturated carbocycles. The van der Waals surface area contributed by atoms with E-state index in [1.54, 1.807) is 0 Å². The number of nitrogens with one attached hydrogen (secondary N) is 1. The molecule has 0 unspecified atom stereocenters. The molecule has 0 aromatic carbocycles. The van der Waals surface area contributed by atoms with Gasteiger partial charge in [-0.2, -0.15) is 4.39 Å². The molecule has 0 atom stereocenters. The summed E-state index contributed by atoms with van der Waals surface area (Å²) in [5.41, 5.74) is 0.180. The monoisotopic (exact) mass is 356 g/mol. The average Bonchev–Trinajstić information content (AvgIpc) is 3.14. The van der Waals surface area contributed by atoms with Crippen molar-refractivity contribution in [3.05, 3.63) is 23.8 Å². The molecule has 1 aromatic heterocycles. The summed E-state index contributed by atoms with van der Waals surface area (Å²) in [4.78, 5) is 19.8. The Labute approximate surface area is 145 Å². The second-order valence-electron chi connectivity index (χ2n) is 6.57. The third-order valence-corrected chi connectivity index (χ3v) is 4.94. The van der Waals surface area contributed by atoms with E-state index in [1.807, 2.05) is 10.2 Å². The van der Waals surface area contributed by atoms with Crippen molar-refractivity contribution in [2.75, 3.05) is 37.6 Å². The van der Waals surface area contributed by atoms with Gasteiger partial charge in [0, 0.05) is 19.1 Å². The second-order valence-corrected chi connectivity index (χ2v) is 6.57. The molecule has 0 bridgehead atoms. The van der Waals surface area contributed by atoms with E-state index in [0.717, 1.165) is 39.0 Å². The number of carbonyl (C=O) groups is 1. The number of carbonyl (C=O) groups excluding carboxylic acids is 1. The second kappa shape index (κ2) is 8.03. The molecular weight excluding hydrogens is 333 g/mol. The fourth-order valence-corrected chi connectivity index (χ4v) is 3.63. The first kappa shape index (κ1) is 18.0. The molecule has 1 N–H and O–H groups in total. The first-order chi connectivity index (χ1) is 12.0.